The summed E-state index contributed by atoms with van der Waals surface area (Å²) in [6, 6.07) is 16.8. The third-order valence-electron chi connectivity index (χ3n) is 6.07. The zero-order valence-corrected chi connectivity index (χ0v) is 18.3. The highest BCUT2D eigenvalue weighted by Crippen LogP contribution is 2.29. The number of carbonyl (C=O) groups is 1. The number of carbonyl (C=O) groups excluding carboxylic acids is 1. The highest BCUT2D eigenvalue weighted by atomic mass is 16.2. The Balaban J connectivity index is 1.79. The fourth-order valence-corrected chi connectivity index (χ4v) is 4.33. The molecule has 0 saturated carbocycles. The molecule has 1 aromatic heterocycles. The van der Waals surface area contributed by atoms with Crippen molar-refractivity contribution in [2.24, 2.45) is 0 Å². The summed E-state index contributed by atoms with van der Waals surface area (Å²) in [5, 5.41) is 0. The number of nitrogens with zero attached hydrogens (tertiary/aromatic N) is 3. The summed E-state index contributed by atoms with van der Waals surface area (Å²) in [5.74, 6) is 0.934. The maximum absolute atomic E-state index is 13.7. The monoisotopic (exact) mass is 401 g/mol. The normalized spacial score (nSPS) is 13.6. The Kier molecular flexibility index (Phi) is 6.03. The number of aryl methyl sites for hydroxylation is 2. The van der Waals surface area contributed by atoms with Crippen molar-refractivity contribution in [2.45, 2.75) is 59.4 Å². The van der Waals surface area contributed by atoms with Crippen molar-refractivity contribution in [3.05, 3.63) is 71.0 Å². The fourth-order valence-electron chi connectivity index (χ4n) is 4.33. The van der Waals surface area contributed by atoms with Gasteiger partial charge in [0.15, 0.2) is 5.69 Å². The predicted octanol–water partition coefficient (Wildman–Crippen LogP) is 5.81. The fraction of sp³-hybridized carbons (Fsp3) is 0.385. The molecule has 1 aliphatic rings. The molecule has 1 amide bonds. The van der Waals surface area contributed by atoms with Gasteiger partial charge in [0.1, 0.15) is 5.82 Å². The van der Waals surface area contributed by atoms with Gasteiger partial charge in [0, 0.05) is 24.3 Å². The van der Waals surface area contributed by atoms with Gasteiger partial charge in [0.05, 0.1) is 5.69 Å². The van der Waals surface area contributed by atoms with Crippen LogP contribution in [0.25, 0.3) is 11.4 Å². The quantitative estimate of drug-likeness (QED) is 0.541. The van der Waals surface area contributed by atoms with Gasteiger partial charge in [-0.3, -0.25) is 4.79 Å². The molecular weight excluding hydrogens is 370 g/mol. The molecule has 2 heterocycles. The number of benzene rings is 2. The highest BCUT2D eigenvalue weighted by molar-refractivity contribution is 6.06. The number of aromatic nitrogens is 2. The molecule has 0 bridgehead atoms. The van der Waals surface area contributed by atoms with Gasteiger partial charge >= 0.3 is 0 Å². The Morgan fingerprint density at radius 3 is 2.60 bits per heavy atom. The first kappa shape index (κ1) is 20.4. The standard InChI is InChI=1S/C26H31N3O/c1-4-20-10-9-11-22(18-20)28(5-2)26(30)24-23-12-7-6-8-17-29(23)25(27-24)21-15-13-19(3)14-16-21/h9-11,13-16,18H,4-8,12,17H2,1-3H3. The zero-order valence-electron chi connectivity index (χ0n) is 18.3. The van der Waals surface area contributed by atoms with Crippen LogP contribution in [-0.4, -0.2) is 22.0 Å². The summed E-state index contributed by atoms with van der Waals surface area (Å²) in [7, 11) is 0. The first-order valence-electron chi connectivity index (χ1n) is 11.2. The molecule has 0 fully saturated rings. The Hall–Kier alpha value is -2.88. The summed E-state index contributed by atoms with van der Waals surface area (Å²) >= 11 is 0. The molecule has 0 spiro atoms. The molecule has 30 heavy (non-hydrogen) atoms. The van der Waals surface area contributed by atoms with Crippen molar-refractivity contribution in [2.75, 3.05) is 11.4 Å². The van der Waals surface area contributed by atoms with Gasteiger partial charge in [0.2, 0.25) is 0 Å². The van der Waals surface area contributed by atoms with Crippen molar-refractivity contribution in [1.29, 1.82) is 0 Å². The van der Waals surface area contributed by atoms with Crippen LogP contribution in [0.5, 0.6) is 0 Å². The van der Waals surface area contributed by atoms with Gasteiger partial charge in [-0.1, -0.05) is 55.3 Å². The van der Waals surface area contributed by atoms with Gasteiger partial charge < -0.3 is 9.47 Å². The summed E-state index contributed by atoms with van der Waals surface area (Å²) in [6.07, 6.45) is 5.30. The maximum atomic E-state index is 13.7. The van der Waals surface area contributed by atoms with Crippen LogP contribution in [-0.2, 0) is 19.4 Å². The Bertz CT molecular complexity index is 1030. The molecule has 0 atom stereocenters. The van der Waals surface area contributed by atoms with Gasteiger partial charge in [0.25, 0.3) is 5.91 Å². The van der Waals surface area contributed by atoms with Crippen LogP contribution in [0.2, 0.25) is 0 Å². The largest absolute Gasteiger partial charge is 0.327 e. The smallest absolute Gasteiger partial charge is 0.278 e. The molecule has 2 aromatic carbocycles. The van der Waals surface area contributed by atoms with Gasteiger partial charge in [-0.15, -0.1) is 0 Å². The summed E-state index contributed by atoms with van der Waals surface area (Å²) in [5.41, 5.74) is 6.22. The number of imidazole rings is 1. The number of hydrogen-bond donors (Lipinski definition) is 0. The van der Waals surface area contributed by atoms with Crippen LogP contribution >= 0.6 is 0 Å². The van der Waals surface area contributed by atoms with Crippen LogP contribution in [0.4, 0.5) is 5.69 Å². The third-order valence-corrected chi connectivity index (χ3v) is 6.07. The van der Waals surface area contributed by atoms with E-state index in [1.807, 2.05) is 24.0 Å². The van der Waals surface area contributed by atoms with E-state index in [2.05, 4.69) is 54.8 Å². The van der Waals surface area contributed by atoms with E-state index in [0.29, 0.717) is 12.2 Å². The minimum Gasteiger partial charge on any atom is -0.327 e. The van der Waals surface area contributed by atoms with Gasteiger partial charge in [-0.25, -0.2) is 4.98 Å². The molecule has 0 saturated heterocycles. The van der Waals surface area contributed by atoms with E-state index in [-0.39, 0.29) is 5.91 Å². The van der Waals surface area contributed by atoms with E-state index in [0.717, 1.165) is 55.0 Å². The van der Waals surface area contributed by atoms with Crippen molar-refractivity contribution in [3.63, 3.8) is 0 Å². The van der Waals surface area contributed by atoms with Crippen LogP contribution < -0.4 is 4.90 Å². The lowest BCUT2D eigenvalue weighted by Gasteiger charge is -2.21. The van der Waals surface area contributed by atoms with Crippen LogP contribution in [0.15, 0.2) is 48.5 Å². The lowest BCUT2D eigenvalue weighted by molar-refractivity contribution is 0.0983. The minimum atomic E-state index is 0.00904. The average Bonchev–Trinajstić information content (AvgIpc) is 2.96. The van der Waals surface area contributed by atoms with E-state index in [1.54, 1.807) is 0 Å². The Morgan fingerprint density at radius 2 is 1.87 bits per heavy atom. The van der Waals surface area contributed by atoms with E-state index in [4.69, 9.17) is 4.98 Å². The third kappa shape index (κ3) is 3.91. The van der Waals surface area contributed by atoms with E-state index in [1.165, 1.54) is 17.5 Å². The van der Waals surface area contributed by atoms with E-state index < -0.39 is 0 Å². The minimum absolute atomic E-state index is 0.00904. The molecule has 4 nitrogen and oxygen atoms in total. The number of rotatable bonds is 5. The molecule has 156 valence electrons. The zero-order chi connectivity index (χ0) is 21.1. The van der Waals surface area contributed by atoms with E-state index >= 15 is 0 Å². The van der Waals surface area contributed by atoms with Gasteiger partial charge in [-0.05, 0) is 57.2 Å². The molecule has 0 aliphatic carbocycles. The predicted molar refractivity (Wildman–Crippen MR) is 123 cm³/mol. The van der Waals surface area contributed by atoms with E-state index in [9.17, 15) is 4.79 Å². The molecule has 1 aliphatic heterocycles. The van der Waals surface area contributed by atoms with Crippen LogP contribution in [0.3, 0.4) is 0 Å². The van der Waals surface area contributed by atoms with Crippen molar-refractivity contribution in [3.8, 4) is 11.4 Å². The second-order valence-electron chi connectivity index (χ2n) is 8.13. The molecule has 4 rings (SSSR count). The summed E-state index contributed by atoms with van der Waals surface area (Å²) in [4.78, 5) is 20.5. The number of hydrogen-bond acceptors (Lipinski definition) is 2. The summed E-state index contributed by atoms with van der Waals surface area (Å²) < 4.78 is 2.29. The topological polar surface area (TPSA) is 38.1 Å². The molecule has 3 aromatic rings. The number of fused-ring (bicyclic) bond motifs is 1. The summed E-state index contributed by atoms with van der Waals surface area (Å²) in [6.45, 7) is 7.81. The SMILES string of the molecule is CCc1cccc(N(CC)C(=O)c2nc(-c3ccc(C)cc3)n3c2CCCCC3)c1. The molecule has 4 heteroatoms. The van der Waals surface area contributed by atoms with Gasteiger partial charge in [-0.2, -0.15) is 0 Å². The second-order valence-corrected chi connectivity index (χ2v) is 8.13. The first-order valence-corrected chi connectivity index (χ1v) is 11.2. The molecule has 0 unspecified atom stereocenters. The first-order chi connectivity index (χ1) is 14.6. The Labute approximate surface area is 179 Å². The lowest BCUT2D eigenvalue weighted by Crippen LogP contribution is -2.32. The second kappa shape index (κ2) is 8.86. The van der Waals surface area contributed by atoms with Crippen LogP contribution in [0.1, 0.15) is 60.4 Å². The molecular formula is C26H31N3O. The Morgan fingerprint density at radius 1 is 1.07 bits per heavy atom. The lowest BCUT2D eigenvalue weighted by atomic mass is 10.1. The maximum Gasteiger partial charge on any atom is 0.278 e. The van der Waals surface area contributed by atoms with Crippen molar-refractivity contribution < 1.29 is 4.79 Å². The van der Waals surface area contributed by atoms with Crippen molar-refractivity contribution >= 4 is 11.6 Å². The molecule has 0 radical (unpaired) electrons. The highest BCUT2D eigenvalue weighted by Gasteiger charge is 2.27. The van der Waals surface area contributed by atoms with Crippen LogP contribution in [0, 0.1) is 6.92 Å². The average molecular weight is 402 g/mol. The molecule has 0 N–H and O–H groups in total. The van der Waals surface area contributed by atoms with Crippen molar-refractivity contribution in [1.82, 2.24) is 9.55 Å². The number of anilines is 1. The number of amides is 1.